The third-order valence-corrected chi connectivity index (χ3v) is 6.77. The minimum absolute atomic E-state index is 0.212. The zero-order valence-corrected chi connectivity index (χ0v) is 12.5. The number of nitrogens with one attached hydrogen (secondary N) is 1. The SMILES string of the molecule is CC1CCCCC1NC1(C)N(I)C1(C)C. The largest absolute Gasteiger partial charge is 0.294 e. The van der Waals surface area contributed by atoms with E-state index in [1.54, 1.807) is 0 Å². The van der Waals surface area contributed by atoms with E-state index in [-0.39, 0.29) is 5.66 Å². The summed E-state index contributed by atoms with van der Waals surface area (Å²) in [5.41, 5.74) is 0.522. The van der Waals surface area contributed by atoms with Crippen molar-refractivity contribution >= 4 is 22.9 Å². The average molecular weight is 322 g/mol. The molecule has 0 radical (unpaired) electrons. The van der Waals surface area contributed by atoms with Crippen molar-refractivity contribution in [1.29, 1.82) is 0 Å². The highest BCUT2D eigenvalue weighted by Crippen LogP contribution is 2.53. The van der Waals surface area contributed by atoms with Crippen LogP contribution in [0.15, 0.2) is 0 Å². The summed E-state index contributed by atoms with van der Waals surface area (Å²) in [4.78, 5) is 0. The van der Waals surface area contributed by atoms with Crippen LogP contribution >= 0.6 is 22.9 Å². The van der Waals surface area contributed by atoms with Gasteiger partial charge in [-0.3, -0.25) is 5.32 Å². The van der Waals surface area contributed by atoms with Crippen LogP contribution in [0.25, 0.3) is 0 Å². The van der Waals surface area contributed by atoms with Crippen molar-refractivity contribution in [3.05, 3.63) is 0 Å². The van der Waals surface area contributed by atoms with E-state index in [0.29, 0.717) is 5.54 Å². The Morgan fingerprint density at radius 2 is 1.73 bits per heavy atom. The molecule has 1 aliphatic carbocycles. The van der Waals surface area contributed by atoms with E-state index in [1.807, 2.05) is 0 Å². The Morgan fingerprint density at radius 1 is 1.20 bits per heavy atom. The third-order valence-electron chi connectivity index (χ3n) is 4.60. The molecule has 1 aliphatic heterocycles. The van der Waals surface area contributed by atoms with E-state index in [4.69, 9.17) is 0 Å². The minimum Gasteiger partial charge on any atom is -0.294 e. The van der Waals surface area contributed by atoms with Crippen LogP contribution in [-0.2, 0) is 0 Å². The molecule has 3 heteroatoms. The first-order valence-electron chi connectivity index (χ1n) is 6.13. The minimum atomic E-state index is 0.212. The van der Waals surface area contributed by atoms with Crippen molar-refractivity contribution in [3.63, 3.8) is 0 Å². The van der Waals surface area contributed by atoms with Crippen LogP contribution in [0, 0.1) is 5.92 Å². The standard InChI is InChI=1S/C12H23IN2/c1-9-7-5-6-8-10(9)14-12(4)11(2,3)15(12)13/h9-10,14H,5-8H2,1-4H3. The van der Waals surface area contributed by atoms with E-state index in [0.717, 1.165) is 12.0 Å². The molecule has 0 aromatic heterocycles. The molecule has 4 unspecified atom stereocenters. The molecule has 1 saturated heterocycles. The van der Waals surface area contributed by atoms with Gasteiger partial charge >= 0.3 is 0 Å². The van der Waals surface area contributed by atoms with Crippen LogP contribution in [0.5, 0.6) is 0 Å². The highest BCUT2D eigenvalue weighted by molar-refractivity contribution is 14.1. The maximum absolute atomic E-state index is 3.88. The number of hydrogen-bond acceptors (Lipinski definition) is 2. The van der Waals surface area contributed by atoms with Gasteiger partial charge in [-0.05, 0) is 39.5 Å². The lowest BCUT2D eigenvalue weighted by molar-refractivity contribution is 0.242. The number of halogens is 1. The Morgan fingerprint density at radius 3 is 2.20 bits per heavy atom. The molecule has 0 bridgehead atoms. The highest BCUT2D eigenvalue weighted by atomic mass is 127. The summed E-state index contributed by atoms with van der Waals surface area (Å²) in [7, 11) is 0. The smallest absolute Gasteiger partial charge is 0.0971 e. The van der Waals surface area contributed by atoms with Gasteiger partial charge in [-0.2, -0.15) is 0 Å². The van der Waals surface area contributed by atoms with Crippen molar-refractivity contribution in [3.8, 4) is 0 Å². The van der Waals surface area contributed by atoms with Gasteiger partial charge in [0.15, 0.2) is 0 Å². The lowest BCUT2D eigenvalue weighted by Crippen LogP contribution is -2.47. The van der Waals surface area contributed by atoms with E-state index in [1.165, 1.54) is 25.7 Å². The van der Waals surface area contributed by atoms with Gasteiger partial charge in [0, 0.05) is 28.9 Å². The molecule has 15 heavy (non-hydrogen) atoms. The normalized spacial score (nSPS) is 49.0. The van der Waals surface area contributed by atoms with Gasteiger partial charge in [-0.15, -0.1) is 0 Å². The molecule has 0 aromatic carbocycles. The third kappa shape index (κ3) is 1.84. The fourth-order valence-corrected chi connectivity index (χ4v) is 3.91. The van der Waals surface area contributed by atoms with Gasteiger partial charge in [0.25, 0.3) is 0 Å². The average Bonchev–Trinajstić information content (AvgIpc) is 2.55. The Balaban J connectivity index is 1.97. The van der Waals surface area contributed by atoms with Crippen molar-refractivity contribution < 1.29 is 0 Å². The second kappa shape index (κ2) is 3.84. The number of hydrogen-bond donors (Lipinski definition) is 1. The molecule has 1 N–H and O–H groups in total. The van der Waals surface area contributed by atoms with Crippen LogP contribution in [0.1, 0.15) is 53.4 Å². The quantitative estimate of drug-likeness (QED) is 0.477. The molecule has 2 fully saturated rings. The fraction of sp³-hybridized carbons (Fsp3) is 1.00. The molecule has 0 aromatic rings. The van der Waals surface area contributed by atoms with Gasteiger partial charge in [-0.25, -0.2) is 3.11 Å². The number of rotatable bonds is 2. The first kappa shape index (κ1) is 12.1. The monoisotopic (exact) mass is 322 g/mol. The van der Waals surface area contributed by atoms with Crippen molar-refractivity contribution in [1.82, 2.24) is 8.43 Å². The molecular formula is C12H23IN2. The van der Waals surface area contributed by atoms with Gasteiger partial charge in [0.2, 0.25) is 0 Å². The van der Waals surface area contributed by atoms with Gasteiger partial charge in [-0.1, -0.05) is 19.8 Å². The summed E-state index contributed by atoms with van der Waals surface area (Å²) < 4.78 is 2.42. The van der Waals surface area contributed by atoms with Crippen molar-refractivity contribution in [2.75, 3.05) is 0 Å². The summed E-state index contributed by atoms with van der Waals surface area (Å²) in [6.45, 7) is 9.37. The molecule has 88 valence electrons. The van der Waals surface area contributed by atoms with Crippen LogP contribution in [0.3, 0.4) is 0 Å². The summed E-state index contributed by atoms with van der Waals surface area (Å²) >= 11 is 2.45. The van der Waals surface area contributed by atoms with E-state index in [9.17, 15) is 0 Å². The van der Waals surface area contributed by atoms with Crippen molar-refractivity contribution in [2.45, 2.75) is 70.6 Å². The summed E-state index contributed by atoms with van der Waals surface area (Å²) in [6, 6.07) is 0.725. The molecular weight excluding hydrogens is 299 g/mol. The lowest BCUT2D eigenvalue weighted by atomic mass is 9.85. The van der Waals surface area contributed by atoms with Gasteiger partial charge in [0.1, 0.15) is 0 Å². The second-order valence-corrected chi connectivity index (χ2v) is 6.89. The van der Waals surface area contributed by atoms with Crippen LogP contribution in [0.4, 0.5) is 0 Å². The number of nitrogens with zero attached hydrogens (tertiary/aromatic N) is 1. The summed E-state index contributed by atoms with van der Waals surface area (Å²) in [5, 5.41) is 3.88. The molecule has 1 saturated carbocycles. The molecule has 2 aliphatic rings. The molecule has 0 spiro atoms. The Hall–Kier alpha value is 0.650. The Bertz CT molecular complexity index is 254. The molecule has 0 amide bonds. The van der Waals surface area contributed by atoms with E-state index in [2.05, 4.69) is 59.0 Å². The lowest BCUT2D eigenvalue weighted by Gasteiger charge is -2.32. The maximum atomic E-state index is 3.88. The highest BCUT2D eigenvalue weighted by Gasteiger charge is 2.66. The molecule has 2 nitrogen and oxygen atoms in total. The molecule has 1 heterocycles. The predicted molar refractivity (Wildman–Crippen MR) is 72.9 cm³/mol. The Kier molecular flexibility index (Phi) is 3.10. The van der Waals surface area contributed by atoms with Gasteiger partial charge < -0.3 is 0 Å². The molecule has 4 atom stereocenters. The summed E-state index contributed by atoms with van der Waals surface area (Å²) in [5.74, 6) is 0.844. The fourth-order valence-electron chi connectivity index (χ4n) is 2.82. The second-order valence-electron chi connectivity index (χ2n) is 5.92. The maximum Gasteiger partial charge on any atom is 0.0971 e. The van der Waals surface area contributed by atoms with Crippen molar-refractivity contribution in [2.24, 2.45) is 5.92 Å². The first-order valence-corrected chi connectivity index (χ1v) is 7.10. The first-order chi connectivity index (χ1) is 6.89. The summed E-state index contributed by atoms with van der Waals surface area (Å²) in [6.07, 6.45) is 5.58. The molecule has 2 rings (SSSR count). The van der Waals surface area contributed by atoms with Crippen LogP contribution in [-0.4, -0.2) is 20.4 Å². The topological polar surface area (TPSA) is 15.0 Å². The van der Waals surface area contributed by atoms with Crippen LogP contribution < -0.4 is 5.32 Å². The zero-order valence-electron chi connectivity index (χ0n) is 10.3. The van der Waals surface area contributed by atoms with E-state index < -0.39 is 0 Å². The predicted octanol–water partition coefficient (Wildman–Crippen LogP) is 3.32. The Labute approximate surface area is 108 Å². The zero-order chi connectivity index (χ0) is 11.3. The van der Waals surface area contributed by atoms with Gasteiger partial charge in [0.05, 0.1) is 11.2 Å². The van der Waals surface area contributed by atoms with Crippen LogP contribution in [0.2, 0.25) is 0 Å². The van der Waals surface area contributed by atoms with E-state index >= 15 is 0 Å².